The van der Waals surface area contributed by atoms with Gasteiger partial charge < -0.3 is 4.74 Å². The summed E-state index contributed by atoms with van der Waals surface area (Å²) in [6, 6.07) is 9.13. The van der Waals surface area contributed by atoms with Crippen LogP contribution in [0.5, 0.6) is 5.75 Å². The van der Waals surface area contributed by atoms with Crippen LogP contribution in [0.15, 0.2) is 49.0 Å². The topological polar surface area (TPSA) is 56.2 Å². The van der Waals surface area contributed by atoms with E-state index in [2.05, 4.69) is 17.0 Å². The van der Waals surface area contributed by atoms with Crippen molar-refractivity contribution in [2.45, 2.75) is 6.92 Å². The van der Waals surface area contributed by atoms with Gasteiger partial charge in [-0.2, -0.15) is 5.10 Å². The summed E-state index contributed by atoms with van der Waals surface area (Å²) < 4.78 is 7.04. The summed E-state index contributed by atoms with van der Waals surface area (Å²) in [5.41, 5.74) is 1.28. The lowest BCUT2D eigenvalue weighted by Crippen LogP contribution is -2.25. The molecule has 1 heterocycles. The van der Waals surface area contributed by atoms with Crippen LogP contribution in [-0.2, 0) is 7.05 Å². The molecule has 0 saturated heterocycles. The molecule has 0 aliphatic heterocycles. The Morgan fingerprint density at radius 3 is 2.74 bits per heavy atom. The highest BCUT2D eigenvalue weighted by Gasteiger charge is 2.11. The Morgan fingerprint density at radius 1 is 1.37 bits per heavy atom. The standard InChI is InChI=1S/C14H15N3O2/c1-10-6-4-5-7-13(10)19-11(2)15-14(18)12-8-9-17(3)16-12/h4-9H,2H2,1,3H3,(H,15,18). The molecule has 2 aromatic rings. The summed E-state index contributed by atoms with van der Waals surface area (Å²) in [7, 11) is 1.75. The number of para-hydroxylation sites is 1. The van der Waals surface area contributed by atoms with E-state index in [-0.39, 0.29) is 11.8 Å². The van der Waals surface area contributed by atoms with Crippen LogP contribution in [0.2, 0.25) is 0 Å². The highest BCUT2D eigenvalue weighted by molar-refractivity contribution is 5.93. The van der Waals surface area contributed by atoms with E-state index >= 15 is 0 Å². The molecule has 1 N–H and O–H groups in total. The first-order valence-corrected chi connectivity index (χ1v) is 5.79. The van der Waals surface area contributed by atoms with E-state index in [9.17, 15) is 4.79 Å². The molecule has 5 heteroatoms. The molecule has 0 aliphatic carbocycles. The first kappa shape index (κ1) is 12.9. The molecule has 0 saturated carbocycles. The molecule has 0 radical (unpaired) electrons. The van der Waals surface area contributed by atoms with Crippen molar-refractivity contribution in [1.29, 1.82) is 0 Å². The van der Waals surface area contributed by atoms with E-state index in [1.807, 2.05) is 31.2 Å². The molecule has 0 atom stereocenters. The van der Waals surface area contributed by atoms with Gasteiger partial charge in [0, 0.05) is 13.2 Å². The maximum atomic E-state index is 11.8. The second-order valence-corrected chi connectivity index (χ2v) is 4.12. The van der Waals surface area contributed by atoms with Crippen LogP contribution < -0.4 is 10.1 Å². The summed E-state index contributed by atoms with van der Waals surface area (Å²) in [6.07, 6.45) is 1.69. The van der Waals surface area contributed by atoms with Crippen molar-refractivity contribution in [1.82, 2.24) is 15.1 Å². The van der Waals surface area contributed by atoms with Crippen molar-refractivity contribution >= 4 is 5.91 Å². The lowest BCUT2D eigenvalue weighted by molar-refractivity contribution is 0.0944. The molecule has 0 aliphatic rings. The second kappa shape index (κ2) is 5.39. The maximum absolute atomic E-state index is 11.8. The van der Waals surface area contributed by atoms with Crippen molar-refractivity contribution < 1.29 is 9.53 Å². The summed E-state index contributed by atoms with van der Waals surface area (Å²) in [4.78, 5) is 11.8. The number of hydrogen-bond donors (Lipinski definition) is 1. The number of rotatable bonds is 4. The Balaban J connectivity index is 1.99. The Labute approximate surface area is 111 Å². The van der Waals surface area contributed by atoms with Gasteiger partial charge in [0.25, 0.3) is 5.91 Å². The van der Waals surface area contributed by atoms with Crippen LogP contribution in [0, 0.1) is 6.92 Å². The zero-order valence-corrected chi connectivity index (χ0v) is 10.9. The lowest BCUT2D eigenvalue weighted by atomic mass is 10.2. The predicted octanol–water partition coefficient (Wildman–Crippen LogP) is 2.01. The van der Waals surface area contributed by atoms with Gasteiger partial charge in [0.2, 0.25) is 0 Å². The van der Waals surface area contributed by atoms with Crippen LogP contribution in [0.3, 0.4) is 0 Å². The number of aryl methyl sites for hydroxylation is 2. The Bertz CT molecular complexity index is 617. The summed E-state index contributed by atoms with van der Waals surface area (Å²) >= 11 is 0. The van der Waals surface area contributed by atoms with Gasteiger partial charge in [-0.05, 0) is 31.2 Å². The van der Waals surface area contributed by atoms with E-state index in [1.165, 1.54) is 0 Å². The van der Waals surface area contributed by atoms with E-state index in [0.717, 1.165) is 5.56 Å². The molecule has 0 fully saturated rings. The molecule has 0 bridgehead atoms. The largest absolute Gasteiger partial charge is 0.441 e. The fourth-order valence-corrected chi connectivity index (χ4v) is 1.56. The van der Waals surface area contributed by atoms with Crippen LogP contribution >= 0.6 is 0 Å². The highest BCUT2D eigenvalue weighted by Crippen LogP contribution is 2.17. The van der Waals surface area contributed by atoms with Gasteiger partial charge in [-0.15, -0.1) is 0 Å². The number of benzene rings is 1. The third kappa shape index (κ3) is 3.22. The maximum Gasteiger partial charge on any atom is 0.278 e. The molecule has 98 valence electrons. The number of amides is 1. The van der Waals surface area contributed by atoms with Gasteiger partial charge in [0.1, 0.15) is 5.75 Å². The normalized spacial score (nSPS) is 10.0. The van der Waals surface area contributed by atoms with Crippen molar-refractivity contribution in [2.75, 3.05) is 0 Å². The Kier molecular flexibility index (Phi) is 3.66. The van der Waals surface area contributed by atoms with Crippen LogP contribution in [-0.4, -0.2) is 15.7 Å². The number of nitrogens with zero attached hydrogens (tertiary/aromatic N) is 2. The average Bonchev–Trinajstić information content (AvgIpc) is 2.79. The van der Waals surface area contributed by atoms with Crippen molar-refractivity contribution in [3.8, 4) is 5.75 Å². The van der Waals surface area contributed by atoms with Gasteiger partial charge >= 0.3 is 0 Å². The molecular formula is C14H15N3O2. The fraction of sp³-hybridized carbons (Fsp3) is 0.143. The van der Waals surface area contributed by atoms with E-state index < -0.39 is 0 Å². The summed E-state index contributed by atoms with van der Waals surface area (Å²) in [5.74, 6) is 0.484. The fourth-order valence-electron chi connectivity index (χ4n) is 1.56. The monoisotopic (exact) mass is 257 g/mol. The zero-order valence-electron chi connectivity index (χ0n) is 10.9. The first-order chi connectivity index (χ1) is 9.06. The van der Waals surface area contributed by atoms with Crippen LogP contribution in [0.4, 0.5) is 0 Å². The number of nitrogens with one attached hydrogen (secondary N) is 1. The van der Waals surface area contributed by atoms with Gasteiger partial charge in [-0.3, -0.25) is 14.8 Å². The lowest BCUT2D eigenvalue weighted by Gasteiger charge is -2.11. The third-order valence-electron chi connectivity index (χ3n) is 2.53. The number of hydrogen-bond acceptors (Lipinski definition) is 3. The summed E-state index contributed by atoms with van der Waals surface area (Å²) in [6.45, 7) is 5.59. The average molecular weight is 257 g/mol. The van der Waals surface area contributed by atoms with Crippen LogP contribution in [0.1, 0.15) is 16.1 Å². The molecule has 1 aromatic carbocycles. The second-order valence-electron chi connectivity index (χ2n) is 4.12. The minimum Gasteiger partial charge on any atom is -0.441 e. The zero-order chi connectivity index (χ0) is 13.8. The number of aromatic nitrogens is 2. The molecule has 5 nitrogen and oxygen atoms in total. The minimum atomic E-state index is -0.348. The highest BCUT2D eigenvalue weighted by atomic mass is 16.5. The molecule has 2 rings (SSSR count). The van der Waals surface area contributed by atoms with Crippen LogP contribution in [0.25, 0.3) is 0 Å². The number of ether oxygens (including phenoxy) is 1. The van der Waals surface area contributed by atoms with Crippen molar-refractivity contribution in [3.05, 3.63) is 60.2 Å². The van der Waals surface area contributed by atoms with Crippen molar-refractivity contribution in [2.24, 2.45) is 7.05 Å². The molecule has 0 unspecified atom stereocenters. The molecule has 19 heavy (non-hydrogen) atoms. The van der Waals surface area contributed by atoms with Gasteiger partial charge in [-0.1, -0.05) is 18.2 Å². The van der Waals surface area contributed by atoms with E-state index in [0.29, 0.717) is 11.4 Å². The molecule has 1 amide bonds. The van der Waals surface area contributed by atoms with E-state index in [4.69, 9.17) is 4.74 Å². The molecular weight excluding hydrogens is 242 g/mol. The predicted molar refractivity (Wildman–Crippen MR) is 71.6 cm³/mol. The van der Waals surface area contributed by atoms with E-state index in [1.54, 1.807) is 24.0 Å². The van der Waals surface area contributed by atoms with Gasteiger partial charge in [0.15, 0.2) is 11.6 Å². The van der Waals surface area contributed by atoms with Crippen molar-refractivity contribution in [3.63, 3.8) is 0 Å². The molecule has 0 spiro atoms. The summed E-state index contributed by atoms with van der Waals surface area (Å²) in [5, 5.41) is 6.55. The molecule has 1 aromatic heterocycles. The third-order valence-corrected chi connectivity index (χ3v) is 2.53. The SMILES string of the molecule is C=C(NC(=O)c1ccn(C)n1)Oc1ccccc1C. The minimum absolute atomic E-state index is 0.171. The first-order valence-electron chi connectivity index (χ1n) is 5.79. The Morgan fingerprint density at radius 2 is 2.11 bits per heavy atom. The quantitative estimate of drug-likeness (QED) is 0.852. The smallest absolute Gasteiger partial charge is 0.278 e. The van der Waals surface area contributed by atoms with Gasteiger partial charge in [0.05, 0.1) is 0 Å². The number of carbonyl (C=O) groups excluding carboxylic acids is 1. The Hall–Kier alpha value is -2.56. The van der Waals surface area contributed by atoms with Gasteiger partial charge in [-0.25, -0.2) is 0 Å². The number of carbonyl (C=O) groups is 1.